The summed E-state index contributed by atoms with van der Waals surface area (Å²) < 4.78 is 4.92. The van der Waals surface area contributed by atoms with Crippen LogP contribution in [0.1, 0.15) is 65.2 Å². The van der Waals surface area contributed by atoms with Gasteiger partial charge in [0.15, 0.2) is 5.96 Å². The average molecular weight is 496 g/mol. The summed E-state index contributed by atoms with van der Waals surface area (Å²) in [4.78, 5) is 29.1. The van der Waals surface area contributed by atoms with E-state index in [9.17, 15) is 9.59 Å². The molecule has 1 amide bonds. The number of hydrogen-bond donors (Lipinski definition) is 2. The van der Waals surface area contributed by atoms with Crippen molar-refractivity contribution in [3.8, 4) is 0 Å². The third-order valence-corrected chi connectivity index (χ3v) is 4.56. The molecule has 0 aromatic heterocycles. The summed E-state index contributed by atoms with van der Waals surface area (Å²) in [5, 5.41) is 6.75. The van der Waals surface area contributed by atoms with Crippen molar-refractivity contribution < 1.29 is 14.3 Å². The van der Waals surface area contributed by atoms with Crippen molar-refractivity contribution in [3.05, 3.63) is 0 Å². The number of carbonyl (C=O) groups excluding carboxylic acids is 2. The van der Waals surface area contributed by atoms with Crippen LogP contribution >= 0.6 is 24.0 Å². The molecule has 158 valence electrons. The van der Waals surface area contributed by atoms with Crippen LogP contribution in [-0.2, 0) is 14.3 Å². The minimum absolute atomic E-state index is 0. The van der Waals surface area contributed by atoms with Crippen LogP contribution in [0.2, 0.25) is 0 Å². The minimum atomic E-state index is -0.0878. The van der Waals surface area contributed by atoms with Crippen molar-refractivity contribution in [2.24, 2.45) is 4.99 Å². The molecule has 8 heteroatoms. The smallest absolute Gasteiger partial charge is 0.305 e. The largest absolute Gasteiger partial charge is 0.466 e. The van der Waals surface area contributed by atoms with Gasteiger partial charge in [-0.05, 0) is 26.2 Å². The van der Waals surface area contributed by atoms with Crippen LogP contribution in [-0.4, -0.2) is 62.1 Å². The lowest BCUT2D eigenvalue weighted by Crippen LogP contribution is -2.45. The van der Waals surface area contributed by atoms with E-state index in [0.29, 0.717) is 19.4 Å². The molecular weight excluding hydrogens is 459 g/mol. The Labute approximate surface area is 181 Å². The zero-order valence-corrected chi connectivity index (χ0v) is 19.4. The third-order valence-electron chi connectivity index (χ3n) is 4.56. The lowest BCUT2D eigenvalue weighted by atomic mass is 10.1. The molecule has 1 heterocycles. The summed E-state index contributed by atoms with van der Waals surface area (Å²) in [6.07, 6.45) is 7.37. The lowest BCUT2D eigenvalue weighted by molar-refractivity contribution is -0.143. The molecule has 0 aromatic carbocycles. The Balaban J connectivity index is 0.00000676. The van der Waals surface area contributed by atoms with E-state index in [4.69, 9.17) is 4.74 Å². The third kappa shape index (κ3) is 11.4. The highest BCUT2D eigenvalue weighted by Crippen LogP contribution is 2.10. The topological polar surface area (TPSA) is 83.0 Å². The van der Waals surface area contributed by atoms with Crippen LogP contribution in [0, 0.1) is 0 Å². The molecule has 0 aromatic rings. The van der Waals surface area contributed by atoms with Crippen LogP contribution < -0.4 is 10.6 Å². The molecule has 1 fully saturated rings. The van der Waals surface area contributed by atoms with Gasteiger partial charge in [-0.1, -0.05) is 26.2 Å². The molecule has 1 unspecified atom stereocenters. The number of nitrogens with zero attached hydrogens (tertiary/aromatic N) is 2. The van der Waals surface area contributed by atoms with Gasteiger partial charge in [0.05, 0.1) is 6.61 Å². The van der Waals surface area contributed by atoms with Gasteiger partial charge in [-0.15, -0.1) is 24.0 Å². The Hall–Kier alpha value is -1.06. The van der Waals surface area contributed by atoms with Gasteiger partial charge in [0.2, 0.25) is 5.91 Å². The number of aliphatic imine (C=N–C) groups is 1. The molecule has 7 nitrogen and oxygen atoms in total. The lowest BCUT2D eigenvalue weighted by Gasteiger charge is -2.18. The predicted molar refractivity (Wildman–Crippen MR) is 120 cm³/mol. The number of amides is 1. The number of carbonyl (C=O) groups is 2. The monoisotopic (exact) mass is 496 g/mol. The molecule has 1 rings (SSSR count). The number of likely N-dealkylation sites (tertiary alicyclic amines) is 1. The predicted octanol–water partition coefficient (Wildman–Crippen LogP) is 2.68. The summed E-state index contributed by atoms with van der Waals surface area (Å²) in [7, 11) is 1.77. The second-order valence-electron chi connectivity index (χ2n) is 6.65. The fourth-order valence-electron chi connectivity index (χ4n) is 3.08. The molecule has 0 bridgehead atoms. The van der Waals surface area contributed by atoms with E-state index in [1.807, 2.05) is 18.7 Å². The van der Waals surface area contributed by atoms with Crippen molar-refractivity contribution in [2.75, 3.05) is 33.3 Å². The zero-order chi connectivity index (χ0) is 19.2. The highest BCUT2D eigenvalue weighted by atomic mass is 127. The van der Waals surface area contributed by atoms with Gasteiger partial charge in [-0.2, -0.15) is 0 Å². The second-order valence-corrected chi connectivity index (χ2v) is 6.65. The van der Waals surface area contributed by atoms with E-state index < -0.39 is 0 Å². The summed E-state index contributed by atoms with van der Waals surface area (Å²) >= 11 is 0. The van der Waals surface area contributed by atoms with Crippen molar-refractivity contribution >= 4 is 41.8 Å². The Morgan fingerprint density at radius 2 is 1.85 bits per heavy atom. The number of nitrogens with one attached hydrogen (secondary N) is 2. The Kier molecular flexibility index (Phi) is 15.3. The van der Waals surface area contributed by atoms with Crippen LogP contribution in [0.3, 0.4) is 0 Å². The summed E-state index contributed by atoms with van der Waals surface area (Å²) in [6.45, 7) is 6.66. The quantitative estimate of drug-likeness (QED) is 0.151. The van der Waals surface area contributed by atoms with Crippen molar-refractivity contribution in [2.45, 2.75) is 71.3 Å². The number of guanidine groups is 1. The number of unbranched alkanes of at least 4 members (excludes halogenated alkanes) is 4. The molecule has 27 heavy (non-hydrogen) atoms. The maximum atomic E-state index is 11.7. The Bertz CT molecular complexity index is 460. The van der Waals surface area contributed by atoms with Crippen LogP contribution in [0.5, 0.6) is 0 Å². The molecule has 1 atom stereocenters. The second kappa shape index (κ2) is 15.9. The summed E-state index contributed by atoms with van der Waals surface area (Å²) in [6, 6.07) is 0.277. The van der Waals surface area contributed by atoms with E-state index in [0.717, 1.165) is 64.1 Å². The van der Waals surface area contributed by atoms with Gasteiger partial charge >= 0.3 is 5.97 Å². The maximum absolute atomic E-state index is 11.7. The SMILES string of the molecule is CCOC(=O)CCCCCCCNC(=NC)NC1CCN(C(=O)CC)C1.I. The van der Waals surface area contributed by atoms with Crippen molar-refractivity contribution in [1.82, 2.24) is 15.5 Å². The Morgan fingerprint density at radius 3 is 2.52 bits per heavy atom. The number of hydrogen-bond acceptors (Lipinski definition) is 4. The van der Waals surface area contributed by atoms with Gasteiger partial charge in [-0.25, -0.2) is 0 Å². The molecule has 1 saturated heterocycles. The van der Waals surface area contributed by atoms with Gasteiger partial charge in [-0.3, -0.25) is 14.6 Å². The fraction of sp³-hybridized carbons (Fsp3) is 0.842. The average Bonchev–Trinajstić information content (AvgIpc) is 3.11. The summed E-state index contributed by atoms with van der Waals surface area (Å²) in [5.74, 6) is 0.943. The van der Waals surface area contributed by atoms with Crippen molar-refractivity contribution in [3.63, 3.8) is 0 Å². The highest BCUT2D eigenvalue weighted by molar-refractivity contribution is 14.0. The van der Waals surface area contributed by atoms with E-state index >= 15 is 0 Å². The fourth-order valence-corrected chi connectivity index (χ4v) is 3.08. The first-order valence-electron chi connectivity index (χ1n) is 10.0. The van der Waals surface area contributed by atoms with Crippen LogP contribution in [0.25, 0.3) is 0 Å². The minimum Gasteiger partial charge on any atom is -0.466 e. The summed E-state index contributed by atoms with van der Waals surface area (Å²) in [5.41, 5.74) is 0. The molecular formula is C19H37IN4O3. The number of halogens is 1. The van der Waals surface area contributed by atoms with E-state index in [1.54, 1.807) is 7.05 Å². The molecule has 0 saturated carbocycles. The van der Waals surface area contributed by atoms with E-state index in [-0.39, 0.29) is 41.9 Å². The standard InChI is InChI=1S/C19H36N4O3.HI/c1-4-17(24)23-14-12-16(15-23)22-19(20-3)21-13-10-8-6-7-9-11-18(25)26-5-2;/h16H,4-15H2,1-3H3,(H2,20,21,22);1H. The molecule has 0 radical (unpaired) electrons. The van der Waals surface area contributed by atoms with Gasteiger partial charge in [0.25, 0.3) is 0 Å². The first-order chi connectivity index (χ1) is 12.6. The zero-order valence-electron chi connectivity index (χ0n) is 17.1. The first-order valence-corrected chi connectivity index (χ1v) is 10.0. The van der Waals surface area contributed by atoms with Crippen molar-refractivity contribution in [1.29, 1.82) is 0 Å². The number of ether oxygens (including phenoxy) is 1. The normalized spacial score (nSPS) is 16.6. The highest BCUT2D eigenvalue weighted by Gasteiger charge is 2.25. The van der Waals surface area contributed by atoms with E-state index in [2.05, 4.69) is 15.6 Å². The number of rotatable bonds is 11. The number of esters is 1. The first kappa shape index (κ1) is 25.9. The van der Waals surface area contributed by atoms with E-state index in [1.165, 1.54) is 0 Å². The molecule has 0 aliphatic carbocycles. The molecule has 2 N–H and O–H groups in total. The molecule has 0 spiro atoms. The maximum Gasteiger partial charge on any atom is 0.305 e. The van der Waals surface area contributed by atoms with Crippen LogP contribution in [0.4, 0.5) is 0 Å². The van der Waals surface area contributed by atoms with Gasteiger partial charge < -0.3 is 20.3 Å². The Morgan fingerprint density at radius 1 is 1.15 bits per heavy atom. The van der Waals surface area contributed by atoms with Gasteiger partial charge in [0, 0.05) is 45.6 Å². The molecule has 1 aliphatic rings. The van der Waals surface area contributed by atoms with Crippen LogP contribution in [0.15, 0.2) is 4.99 Å². The van der Waals surface area contributed by atoms with Gasteiger partial charge in [0.1, 0.15) is 0 Å². The molecule has 1 aliphatic heterocycles.